The summed E-state index contributed by atoms with van der Waals surface area (Å²) in [5.41, 5.74) is 1.79. The number of nitriles is 1. The Morgan fingerprint density at radius 1 is 1.27 bits per heavy atom. The monoisotopic (exact) mass is 606 g/mol. The number of rotatable bonds is 10. The number of piperidine rings is 1. The zero-order chi connectivity index (χ0) is 31.6. The highest BCUT2D eigenvalue weighted by Crippen LogP contribution is 2.49. The van der Waals surface area contributed by atoms with E-state index >= 15 is 0 Å². The summed E-state index contributed by atoms with van der Waals surface area (Å²) in [5, 5.41) is 28.4. The fraction of sp³-hybridized carbons (Fsp3) is 0.515. The van der Waals surface area contributed by atoms with E-state index < -0.39 is 11.7 Å². The average molecular weight is 607 g/mol. The number of aromatic nitrogens is 1. The van der Waals surface area contributed by atoms with Gasteiger partial charge in [-0.05, 0) is 79.1 Å². The van der Waals surface area contributed by atoms with Crippen molar-refractivity contribution in [1.82, 2.24) is 14.8 Å². The minimum Gasteiger partial charge on any atom is -0.369 e. The number of nitrogens with one attached hydrogen (secondary N) is 3. The Hall–Kier alpha value is -3.91. The van der Waals surface area contributed by atoms with Gasteiger partial charge in [-0.3, -0.25) is 15.7 Å². The van der Waals surface area contributed by atoms with Gasteiger partial charge in [0.1, 0.15) is 17.5 Å². The van der Waals surface area contributed by atoms with Crippen LogP contribution in [0.3, 0.4) is 0 Å². The Bertz CT molecular complexity index is 1470. The molecule has 1 aliphatic carbocycles. The number of anilines is 2. The molecule has 1 saturated heterocycles. The first-order chi connectivity index (χ1) is 20.9. The van der Waals surface area contributed by atoms with Crippen LogP contribution in [-0.4, -0.2) is 53.6 Å². The molecule has 1 aromatic heterocycles. The summed E-state index contributed by atoms with van der Waals surface area (Å²) in [6, 6.07) is 9.15. The predicted octanol–water partition coefficient (Wildman–Crippen LogP) is 6.98. The van der Waals surface area contributed by atoms with Crippen molar-refractivity contribution in [3.63, 3.8) is 0 Å². The van der Waals surface area contributed by atoms with Crippen molar-refractivity contribution in [1.29, 1.82) is 16.1 Å². The molecule has 2 aliphatic heterocycles. The fourth-order valence-electron chi connectivity index (χ4n) is 6.80. The van der Waals surface area contributed by atoms with Gasteiger partial charge in [0, 0.05) is 49.8 Å². The Balaban J connectivity index is 1.51. The summed E-state index contributed by atoms with van der Waals surface area (Å²) in [6.45, 7) is 9.04. The van der Waals surface area contributed by atoms with Gasteiger partial charge in [-0.2, -0.15) is 18.4 Å². The van der Waals surface area contributed by atoms with E-state index in [1.165, 1.54) is 11.0 Å². The first-order valence-electron chi connectivity index (χ1n) is 15.3. The molecule has 3 N–H and O–H groups in total. The van der Waals surface area contributed by atoms with E-state index in [0.29, 0.717) is 59.7 Å². The smallest absolute Gasteiger partial charge is 0.369 e. The quantitative estimate of drug-likeness (QED) is 0.153. The molecule has 0 bridgehead atoms. The van der Waals surface area contributed by atoms with Crippen molar-refractivity contribution >= 4 is 29.5 Å². The molecule has 3 aliphatic rings. The third kappa shape index (κ3) is 6.46. The van der Waals surface area contributed by atoms with Crippen molar-refractivity contribution in [2.24, 2.45) is 5.92 Å². The molecule has 0 amide bonds. The SMILES string of the molecule is C=C1c2cc(CN3CCC[C@H](C)C3)cc(C(F)(F)F)c2CN1c1cc(C2(CC(=N)N(C)C=N)CCC2)cc(NCCC#N)n1. The van der Waals surface area contributed by atoms with Crippen molar-refractivity contribution in [3.8, 4) is 6.07 Å². The van der Waals surface area contributed by atoms with Gasteiger partial charge in [0.25, 0.3) is 0 Å². The van der Waals surface area contributed by atoms with E-state index in [9.17, 15) is 13.2 Å². The lowest BCUT2D eigenvalue weighted by atomic mass is 9.62. The summed E-state index contributed by atoms with van der Waals surface area (Å²) in [4.78, 5) is 10.3. The van der Waals surface area contributed by atoms with Gasteiger partial charge < -0.3 is 15.1 Å². The van der Waals surface area contributed by atoms with Gasteiger partial charge in [-0.25, -0.2) is 4.98 Å². The zero-order valence-corrected chi connectivity index (χ0v) is 25.5. The molecular formula is C33H41F3N8. The molecule has 2 fully saturated rings. The molecule has 8 nitrogen and oxygen atoms in total. The summed E-state index contributed by atoms with van der Waals surface area (Å²) in [7, 11) is 1.68. The van der Waals surface area contributed by atoms with Gasteiger partial charge in [0.15, 0.2) is 0 Å². The van der Waals surface area contributed by atoms with Crippen molar-refractivity contribution in [3.05, 3.63) is 58.7 Å². The van der Waals surface area contributed by atoms with Crippen LogP contribution in [0, 0.1) is 28.1 Å². The van der Waals surface area contributed by atoms with Gasteiger partial charge in [-0.15, -0.1) is 0 Å². The van der Waals surface area contributed by atoms with Crippen LogP contribution in [0.2, 0.25) is 0 Å². The maximum atomic E-state index is 14.5. The number of amidine groups is 1. The molecular weight excluding hydrogens is 565 g/mol. The van der Waals surface area contributed by atoms with E-state index in [4.69, 9.17) is 21.1 Å². The molecule has 0 radical (unpaired) electrons. The Labute approximate surface area is 257 Å². The van der Waals surface area contributed by atoms with E-state index in [2.05, 4.69) is 29.8 Å². The van der Waals surface area contributed by atoms with E-state index in [0.717, 1.165) is 57.1 Å². The normalized spacial score (nSPS) is 19.6. The molecule has 0 unspecified atom stereocenters. The Kier molecular flexibility index (Phi) is 9.02. The molecule has 1 aromatic carbocycles. The number of nitrogens with zero attached hydrogens (tertiary/aromatic N) is 5. The van der Waals surface area contributed by atoms with E-state index in [1.54, 1.807) is 11.9 Å². The van der Waals surface area contributed by atoms with Gasteiger partial charge in [-0.1, -0.05) is 19.9 Å². The predicted molar refractivity (Wildman–Crippen MR) is 168 cm³/mol. The van der Waals surface area contributed by atoms with Crippen LogP contribution < -0.4 is 10.2 Å². The lowest BCUT2D eigenvalue weighted by Crippen LogP contribution is -2.40. The molecule has 5 rings (SSSR count). The molecule has 234 valence electrons. The van der Waals surface area contributed by atoms with Crippen LogP contribution >= 0.6 is 0 Å². The summed E-state index contributed by atoms with van der Waals surface area (Å²) >= 11 is 0. The maximum absolute atomic E-state index is 14.5. The van der Waals surface area contributed by atoms with Crippen molar-refractivity contribution in [2.75, 3.05) is 36.9 Å². The zero-order valence-electron chi connectivity index (χ0n) is 25.5. The highest BCUT2D eigenvalue weighted by molar-refractivity contribution is 5.90. The number of hydrogen-bond acceptors (Lipinski definition) is 7. The lowest BCUT2D eigenvalue weighted by molar-refractivity contribution is -0.138. The molecule has 44 heavy (non-hydrogen) atoms. The topological polar surface area (TPSA) is 106 Å². The summed E-state index contributed by atoms with van der Waals surface area (Å²) in [6.07, 6.45) is 2.18. The Morgan fingerprint density at radius 2 is 2.05 bits per heavy atom. The lowest BCUT2D eigenvalue weighted by Gasteiger charge is -2.43. The number of fused-ring (bicyclic) bond motifs is 1. The van der Waals surface area contributed by atoms with Crippen molar-refractivity contribution < 1.29 is 13.2 Å². The van der Waals surface area contributed by atoms with Gasteiger partial charge in [0.2, 0.25) is 0 Å². The number of benzene rings is 1. The first kappa shape index (κ1) is 31.5. The molecule has 1 saturated carbocycles. The fourth-order valence-corrected chi connectivity index (χ4v) is 6.80. The van der Waals surface area contributed by atoms with Gasteiger partial charge >= 0.3 is 6.18 Å². The van der Waals surface area contributed by atoms with Gasteiger partial charge in [0.05, 0.1) is 30.9 Å². The minimum atomic E-state index is -4.51. The molecule has 3 heterocycles. The highest BCUT2D eigenvalue weighted by Gasteiger charge is 2.42. The number of pyridine rings is 1. The van der Waals surface area contributed by atoms with Crippen LogP contribution in [-0.2, 0) is 24.7 Å². The molecule has 2 aromatic rings. The van der Waals surface area contributed by atoms with Crippen LogP contribution in [0.4, 0.5) is 24.8 Å². The average Bonchev–Trinajstić information content (AvgIpc) is 3.29. The number of halogens is 3. The third-order valence-electron chi connectivity index (χ3n) is 9.39. The van der Waals surface area contributed by atoms with E-state index in [-0.39, 0.29) is 23.9 Å². The molecule has 0 spiro atoms. The highest BCUT2D eigenvalue weighted by atomic mass is 19.4. The molecule has 1 atom stereocenters. The second-order valence-corrected chi connectivity index (χ2v) is 12.6. The minimum absolute atomic E-state index is 0.00249. The summed E-state index contributed by atoms with van der Waals surface area (Å²) < 4.78 is 43.5. The van der Waals surface area contributed by atoms with Crippen LogP contribution in [0.5, 0.6) is 0 Å². The second-order valence-electron chi connectivity index (χ2n) is 12.6. The second kappa shape index (κ2) is 12.6. The molecule has 11 heteroatoms. The third-order valence-corrected chi connectivity index (χ3v) is 9.39. The largest absolute Gasteiger partial charge is 0.416 e. The van der Waals surface area contributed by atoms with E-state index in [1.807, 2.05) is 18.2 Å². The Morgan fingerprint density at radius 3 is 2.68 bits per heavy atom. The number of likely N-dealkylation sites (tertiary alicyclic amines) is 1. The number of alkyl halides is 3. The number of hydrogen-bond donors (Lipinski definition) is 3. The summed E-state index contributed by atoms with van der Waals surface area (Å²) in [5.74, 6) is 1.86. The van der Waals surface area contributed by atoms with Crippen LogP contribution in [0.25, 0.3) is 5.70 Å². The maximum Gasteiger partial charge on any atom is 0.416 e. The van der Waals surface area contributed by atoms with Crippen LogP contribution in [0.1, 0.15) is 79.7 Å². The first-order valence-corrected chi connectivity index (χ1v) is 15.3. The van der Waals surface area contributed by atoms with Crippen LogP contribution in [0.15, 0.2) is 30.8 Å². The van der Waals surface area contributed by atoms with Crippen molar-refractivity contribution in [2.45, 2.75) is 76.6 Å². The standard InChI is InChI=1S/C33H41F3N8/c1-22-7-4-12-43(18-22)19-24-13-26-23(2)44(20-27(26)28(14-24)33(34,35)36)31-16-25(15-30(41-31)40-11-6-10-37)32(8-5-9-32)17-29(39)42(3)21-38/h13-16,21-22,38-39H,2,4-9,11-12,17-20H2,1,3H3,(H,40,41)/t22-/m0/s1.